The Morgan fingerprint density at radius 1 is 1.00 bits per heavy atom. The standard InChI is InChI=1S/C15H10ClF3N2/c16-6-5-14-20-15-12(19)7-10(18)8-13(15)21(14)11-3-1-9(17)2-4-11/h1-4,7-8H,5-6H2. The zero-order chi connectivity index (χ0) is 15.0. The molecule has 3 rings (SSSR count). The number of aromatic nitrogens is 2. The van der Waals surface area contributed by atoms with E-state index in [0.717, 1.165) is 6.07 Å². The first-order valence-electron chi connectivity index (χ1n) is 6.28. The summed E-state index contributed by atoms with van der Waals surface area (Å²) in [4.78, 5) is 4.18. The normalized spacial score (nSPS) is 11.2. The van der Waals surface area contributed by atoms with Crippen LogP contribution in [0.15, 0.2) is 36.4 Å². The van der Waals surface area contributed by atoms with Crippen LogP contribution in [0.5, 0.6) is 0 Å². The largest absolute Gasteiger partial charge is 0.296 e. The maximum Gasteiger partial charge on any atom is 0.153 e. The number of imidazole rings is 1. The SMILES string of the molecule is Fc1ccc(-n2c(CCCl)nc3c(F)cc(F)cc32)cc1. The van der Waals surface area contributed by atoms with Gasteiger partial charge in [0.15, 0.2) is 5.82 Å². The molecule has 0 saturated carbocycles. The minimum absolute atomic E-state index is 0.0702. The molecule has 0 radical (unpaired) electrons. The molecule has 6 heteroatoms. The molecule has 0 amide bonds. The fourth-order valence-corrected chi connectivity index (χ4v) is 2.45. The number of rotatable bonds is 3. The van der Waals surface area contributed by atoms with Crippen LogP contribution in [0.3, 0.4) is 0 Å². The van der Waals surface area contributed by atoms with Gasteiger partial charge >= 0.3 is 0 Å². The van der Waals surface area contributed by atoms with Crippen molar-refractivity contribution in [3.63, 3.8) is 0 Å². The summed E-state index contributed by atoms with van der Waals surface area (Å²) in [6, 6.07) is 7.60. The predicted molar refractivity (Wildman–Crippen MR) is 75.4 cm³/mol. The smallest absolute Gasteiger partial charge is 0.153 e. The first kappa shape index (κ1) is 13.9. The molecule has 0 unspecified atom stereocenters. The van der Waals surface area contributed by atoms with Crippen molar-refractivity contribution < 1.29 is 13.2 Å². The Morgan fingerprint density at radius 3 is 2.38 bits per heavy atom. The molecule has 0 aliphatic rings. The van der Waals surface area contributed by atoms with Crippen LogP contribution in [-0.2, 0) is 6.42 Å². The molecule has 0 atom stereocenters. The van der Waals surface area contributed by atoms with Crippen LogP contribution in [0.2, 0.25) is 0 Å². The lowest BCUT2D eigenvalue weighted by atomic mass is 10.2. The molecule has 0 aliphatic carbocycles. The van der Waals surface area contributed by atoms with Gasteiger partial charge in [-0.25, -0.2) is 18.2 Å². The summed E-state index contributed by atoms with van der Waals surface area (Å²) in [5.41, 5.74) is 0.934. The van der Waals surface area contributed by atoms with E-state index in [1.54, 1.807) is 4.57 Å². The van der Waals surface area contributed by atoms with Gasteiger partial charge in [-0.3, -0.25) is 4.57 Å². The van der Waals surface area contributed by atoms with Crippen LogP contribution in [0.1, 0.15) is 5.82 Å². The summed E-state index contributed by atoms with van der Waals surface area (Å²) >= 11 is 5.74. The fourth-order valence-electron chi connectivity index (χ4n) is 2.28. The maximum absolute atomic E-state index is 13.9. The number of fused-ring (bicyclic) bond motifs is 1. The molecule has 0 fully saturated rings. The lowest BCUT2D eigenvalue weighted by molar-refractivity contribution is 0.590. The average molecular weight is 311 g/mol. The number of alkyl halides is 1. The third-order valence-corrected chi connectivity index (χ3v) is 3.34. The van der Waals surface area contributed by atoms with Crippen molar-refractivity contribution in [2.75, 3.05) is 5.88 Å². The number of hydrogen-bond donors (Lipinski definition) is 0. The molecule has 0 saturated heterocycles. The second kappa shape index (κ2) is 5.41. The van der Waals surface area contributed by atoms with Gasteiger partial charge in [-0.1, -0.05) is 0 Å². The molecule has 1 heterocycles. The van der Waals surface area contributed by atoms with Crippen molar-refractivity contribution in [2.45, 2.75) is 6.42 Å². The number of nitrogens with zero attached hydrogens (tertiary/aromatic N) is 2. The number of aryl methyl sites for hydroxylation is 1. The van der Waals surface area contributed by atoms with E-state index in [1.165, 1.54) is 30.3 Å². The molecule has 0 bridgehead atoms. The van der Waals surface area contributed by atoms with Gasteiger partial charge in [0, 0.05) is 30.1 Å². The highest BCUT2D eigenvalue weighted by Crippen LogP contribution is 2.25. The Labute approximate surface area is 123 Å². The van der Waals surface area contributed by atoms with E-state index in [9.17, 15) is 13.2 Å². The number of benzene rings is 2. The molecule has 0 aliphatic heterocycles. The van der Waals surface area contributed by atoms with Crippen molar-refractivity contribution in [3.05, 3.63) is 59.7 Å². The van der Waals surface area contributed by atoms with E-state index in [2.05, 4.69) is 4.98 Å². The molecule has 3 aromatic rings. The molecular weight excluding hydrogens is 301 g/mol. The third kappa shape index (κ3) is 2.49. The first-order valence-corrected chi connectivity index (χ1v) is 6.82. The van der Waals surface area contributed by atoms with Gasteiger partial charge < -0.3 is 0 Å². The fraction of sp³-hybridized carbons (Fsp3) is 0.133. The Kier molecular flexibility index (Phi) is 3.59. The zero-order valence-electron chi connectivity index (χ0n) is 10.8. The Balaban J connectivity index is 2.32. The van der Waals surface area contributed by atoms with Gasteiger partial charge in [0.2, 0.25) is 0 Å². The Bertz CT molecular complexity index is 797. The molecule has 0 N–H and O–H groups in total. The number of halogens is 4. The van der Waals surface area contributed by atoms with Gasteiger partial charge in [0.1, 0.15) is 23.0 Å². The summed E-state index contributed by atoms with van der Waals surface area (Å²) in [7, 11) is 0. The van der Waals surface area contributed by atoms with Crippen molar-refractivity contribution in [3.8, 4) is 5.69 Å². The van der Waals surface area contributed by atoms with Crippen molar-refractivity contribution in [1.82, 2.24) is 9.55 Å². The molecule has 1 aromatic heterocycles. The summed E-state index contributed by atoms with van der Waals surface area (Å²) in [5, 5.41) is 0. The van der Waals surface area contributed by atoms with Crippen molar-refractivity contribution >= 4 is 22.6 Å². The van der Waals surface area contributed by atoms with Gasteiger partial charge in [-0.2, -0.15) is 0 Å². The third-order valence-electron chi connectivity index (χ3n) is 3.15. The summed E-state index contributed by atoms with van der Waals surface area (Å²) < 4.78 is 42.0. The highest BCUT2D eigenvalue weighted by molar-refractivity contribution is 6.17. The van der Waals surface area contributed by atoms with Crippen LogP contribution in [0.4, 0.5) is 13.2 Å². The summed E-state index contributed by atoms with van der Waals surface area (Å²) in [6.45, 7) is 0. The lowest BCUT2D eigenvalue weighted by Crippen LogP contribution is -2.02. The molecule has 2 aromatic carbocycles. The van der Waals surface area contributed by atoms with E-state index < -0.39 is 11.6 Å². The van der Waals surface area contributed by atoms with Gasteiger partial charge in [0.25, 0.3) is 0 Å². The Morgan fingerprint density at radius 2 is 1.71 bits per heavy atom. The minimum atomic E-state index is -0.735. The highest BCUT2D eigenvalue weighted by Gasteiger charge is 2.16. The highest BCUT2D eigenvalue weighted by atomic mass is 35.5. The quantitative estimate of drug-likeness (QED) is 0.662. The monoisotopic (exact) mass is 310 g/mol. The van der Waals surface area contributed by atoms with Gasteiger partial charge in [-0.15, -0.1) is 11.6 Å². The van der Waals surface area contributed by atoms with Gasteiger partial charge in [-0.05, 0) is 24.3 Å². The molecule has 108 valence electrons. The zero-order valence-corrected chi connectivity index (χ0v) is 11.5. The Hall–Kier alpha value is -2.01. The lowest BCUT2D eigenvalue weighted by Gasteiger charge is -2.08. The minimum Gasteiger partial charge on any atom is -0.296 e. The van der Waals surface area contributed by atoms with E-state index in [1.807, 2.05) is 0 Å². The second-order valence-corrected chi connectivity index (χ2v) is 4.91. The predicted octanol–water partition coefficient (Wildman–Crippen LogP) is 4.22. The molecular formula is C15H10ClF3N2. The van der Waals surface area contributed by atoms with Crippen molar-refractivity contribution in [2.24, 2.45) is 0 Å². The van der Waals surface area contributed by atoms with Crippen LogP contribution in [-0.4, -0.2) is 15.4 Å². The summed E-state index contributed by atoms with van der Waals surface area (Å²) in [5.74, 6) is -1.04. The van der Waals surface area contributed by atoms with Crippen LogP contribution >= 0.6 is 11.6 Å². The molecule has 2 nitrogen and oxygen atoms in total. The maximum atomic E-state index is 13.9. The van der Waals surface area contributed by atoms with Crippen LogP contribution in [0, 0.1) is 17.5 Å². The van der Waals surface area contributed by atoms with Gasteiger partial charge in [0.05, 0.1) is 5.52 Å². The van der Waals surface area contributed by atoms with E-state index in [0.29, 0.717) is 23.4 Å². The van der Waals surface area contributed by atoms with E-state index in [4.69, 9.17) is 11.6 Å². The van der Waals surface area contributed by atoms with E-state index in [-0.39, 0.29) is 17.2 Å². The van der Waals surface area contributed by atoms with E-state index >= 15 is 0 Å². The second-order valence-electron chi connectivity index (χ2n) is 4.53. The average Bonchev–Trinajstić information content (AvgIpc) is 2.79. The van der Waals surface area contributed by atoms with Crippen LogP contribution < -0.4 is 0 Å². The summed E-state index contributed by atoms with van der Waals surface area (Å²) in [6.07, 6.45) is 0.384. The molecule has 0 spiro atoms. The topological polar surface area (TPSA) is 17.8 Å². The van der Waals surface area contributed by atoms with Crippen molar-refractivity contribution in [1.29, 1.82) is 0 Å². The first-order chi connectivity index (χ1) is 10.1. The number of hydrogen-bond acceptors (Lipinski definition) is 1. The van der Waals surface area contributed by atoms with Crippen LogP contribution in [0.25, 0.3) is 16.7 Å². The molecule has 21 heavy (non-hydrogen) atoms.